The average Bonchev–Trinajstić information content (AvgIpc) is 3.14. The van der Waals surface area contributed by atoms with Crippen molar-refractivity contribution in [2.45, 2.75) is 39.0 Å². The van der Waals surface area contributed by atoms with Crippen molar-refractivity contribution in [3.63, 3.8) is 0 Å². The van der Waals surface area contributed by atoms with Crippen molar-refractivity contribution in [3.8, 4) is 11.5 Å². The molecule has 1 fully saturated rings. The summed E-state index contributed by atoms with van der Waals surface area (Å²) in [7, 11) is 1.68. The molecule has 2 aromatic carbocycles. The first-order valence-electron chi connectivity index (χ1n) is 9.69. The van der Waals surface area contributed by atoms with Crippen molar-refractivity contribution in [2.75, 3.05) is 26.7 Å². The van der Waals surface area contributed by atoms with Gasteiger partial charge in [-0.05, 0) is 49.7 Å². The second-order valence-electron chi connectivity index (χ2n) is 6.92. The summed E-state index contributed by atoms with van der Waals surface area (Å²) >= 11 is 6.08. The van der Waals surface area contributed by atoms with Gasteiger partial charge < -0.3 is 14.8 Å². The van der Waals surface area contributed by atoms with Gasteiger partial charge in [0, 0.05) is 29.7 Å². The maximum atomic E-state index is 6.13. The highest BCUT2D eigenvalue weighted by Crippen LogP contribution is 2.32. The number of nitrogens with one attached hydrogen (secondary N) is 1. The summed E-state index contributed by atoms with van der Waals surface area (Å²) in [6.07, 6.45) is 2.57. The monoisotopic (exact) mass is 388 g/mol. The van der Waals surface area contributed by atoms with Gasteiger partial charge in [-0.1, -0.05) is 42.8 Å². The zero-order chi connectivity index (χ0) is 19.1. The van der Waals surface area contributed by atoms with Gasteiger partial charge in [-0.15, -0.1) is 0 Å². The first kappa shape index (κ1) is 20.0. The second kappa shape index (κ2) is 9.98. The maximum absolute atomic E-state index is 6.13. The third-order valence-corrected chi connectivity index (χ3v) is 5.39. The van der Waals surface area contributed by atoms with Crippen LogP contribution in [0.4, 0.5) is 0 Å². The van der Waals surface area contributed by atoms with E-state index in [-0.39, 0.29) is 0 Å². The highest BCUT2D eigenvalue weighted by Gasteiger charge is 2.22. The molecule has 1 saturated heterocycles. The number of para-hydroxylation sites is 1. The van der Waals surface area contributed by atoms with Crippen LogP contribution in [0.2, 0.25) is 5.02 Å². The van der Waals surface area contributed by atoms with Crippen LogP contribution in [0.15, 0.2) is 42.5 Å². The molecule has 0 aliphatic carbocycles. The summed E-state index contributed by atoms with van der Waals surface area (Å²) < 4.78 is 11.7. The minimum Gasteiger partial charge on any atom is -0.493 e. The number of likely N-dealkylation sites (N-methyl/N-ethyl adjacent to an activating group) is 1. The third kappa shape index (κ3) is 5.38. The van der Waals surface area contributed by atoms with Crippen LogP contribution in [0.3, 0.4) is 0 Å². The van der Waals surface area contributed by atoms with Crippen molar-refractivity contribution in [2.24, 2.45) is 0 Å². The summed E-state index contributed by atoms with van der Waals surface area (Å²) in [6, 6.07) is 14.4. The fourth-order valence-corrected chi connectivity index (χ4v) is 3.94. The van der Waals surface area contributed by atoms with Gasteiger partial charge in [-0.3, -0.25) is 4.90 Å². The van der Waals surface area contributed by atoms with E-state index < -0.39 is 0 Å². The minimum absolute atomic E-state index is 0.459. The van der Waals surface area contributed by atoms with Crippen LogP contribution in [-0.2, 0) is 13.2 Å². The first-order valence-corrected chi connectivity index (χ1v) is 10.1. The number of methoxy groups -OCH3 is 1. The van der Waals surface area contributed by atoms with Crippen molar-refractivity contribution in [3.05, 3.63) is 58.6 Å². The lowest BCUT2D eigenvalue weighted by molar-refractivity contribution is 0.258. The second-order valence-corrected chi connectivity index (χ2v) is 7.36. The summed E-state index contributed by atoms with van der Waals surface area (Å²) in [5.74, 6) is 1.55. The zero-order valence-electron chi connectivity index (χ0n) is 16.2. The fraction of sp³-hybridized carbons (Fsp3) is 0.455. The Labute approximate surface area is 167 Å². The quantitative estimate of drug-likeness (QED) is 0.685. The molecule has 146 valence electrons. The number of hydrogen-bond acceptors (Lipinski definition) is 4. The highest BCUT2D eigenvalue weighted by molar-refractivity contribution is 6.30. The molecule has 0 unspecified atom stereocenters. The van der Waals surface area contributed by atoms with E-state index in [0.29, 0.717) is 12.6 Å². The number of nitrogens with zero attached hydrogens (tertiary/aromatic N) is 1. The molecule has 1 aliphatic heterocycles. The third-order valence-electron chi connectivity index (χ3n) is 5.15. The Hall–Kier alpha value is -1.75. The first-order chi connectivity index (χ1) is 13.2. The van der Waals surface area contributed by atoms with E-state index in [1.165, 1.54) is 19.4 Å². The molecule has 0 radical (unpaired) electrons. The number of rotatable bonds is 9. The molecule has 0 bridgehead atoms. The molecule has 1 heterocycles. The lowest BCUT2D eigenvalue weighted by Crippen LogP contribution is -2.37. The van der Waals surface area contributed by atoms with E-state index in [4.69, 9.17) is 21.1 Å². The van der Waals surface area contributed by atoms with Crippen LogP contribution in [-0.4, -0.2) is 37.7 Å². The largest absolute Gasteiger partial charge is 0.493 e. The Morgan fingerprint density at radius 3 is 2.85 bits per heavy atom. The number of ether oxygens (including phenoxy) is 2. The van der Waals surface area contributed by atoms with Crippen LogP contribution in [0.1, 0.15) is 30.9 Å². The van der Waals surface area contributed by atoms with Gasteiger partial charge in [-0.25, -0.2) is 0 Å². The lowest BCUT2D eigenvalue weighted by Gasteiger charge is -2.23. The molecule has 0 aromatic heterocycles. The molecule has 1 N–H and O–H groups in total. The SMILES string of the molecule is CCN1CCC[C@H]1CNCc1cccc(OC)c1OCc1cccc(Cl)c1. The van der Waals surface area contributed by atoms with Crippen molar-refractivity contribution >= 4 is 11.6 Å². The van der Waals surface area contributed by atoms with Crippen LogP contribution in [0.25, 0.3) is 0 Å². The molecular weight excluding hydrogens is 360 g/mol. The summed E-state index contributed by atoms with van der Waals surface area (Å²) in [4.78, 5) is 2.55. The summed E-state index contributed by atoms with van der Waals surface area (Å²) in [6.45, 7) is 6.80. The van der Waals surface area contributed by atoms with E-state index in [2.05, 4.69) is 23.2 Å². The average molecular weight is 389 g/mol. The number of benzene rings is 2. The number of hydrogen-bond donors (Lipinski definition) is 1. The molecule has 1 aliphatic rings. The molecule has 4 nitrogen and oxygen atoms in total. The van der Waals surface area contributed by atoms with E-state index in [1.807, 2.05) is 36.4 Å². The summed E-state index contributed by atoms with van der Waals surface area (Å²) in [5.41, 5.74) is 2.15. The van der Waals surface area contributed by atoms with Gasteiger partial charge in [0.15, 0.2) is 11.5 Å². The van der Waals surface area contributed by atoms with E-state index in [1.54, 1.807) is 7.11 Å². The maximum Gasteiger partial charge on any atom is 0.166 e. The Morgan fingerprint density at radius 2 is 2.07 bits per heavy atom. The Bertz CT molecular complexity index is 738. The molecular formula is C22H29ClN2O2. The van der Waals surface area contributed by atoms with Crippen molar-refractivity contribution in [1.82, 2.24) is 10.2 Å². The van der Waals surface area contributed by atoms with Crippen molar-refractivity contribution < 1.29 is 9.47 Å². The van der Waals surface area contributed by atoms with Crippen LogP contribution in [0.5, 0.6) is 11.5 Å². The van der Waals surface area contributed by atoms with E-state index in [0.717, 1.165) is 47.3 Å². The van der Waals surface area contributed by atoms with Gasteiger partial charge in [0.05, 0.1) is 7.11 Å². The normalized spacial score (nSPS) is 17.2. The predicted molar refractivity (Wildman–Crippen MR) is 111 cm³/mol. The lowest BCUT2D eigenvalue weighted by atomic mass is 10.1. The predicted octanol–water partition coefficient (Wildman–Crippen LogP) is 4.50. The van der Waals surface area contributed by atoms with Crippen LogP contribution in [0, 0.1) is 0 Å². The number of halogens is 1. The molecule has 2 aromatic rings. The Kier molecular flexibility index (Phi) is 7.39. The molecule has 3 rings (SSSR count). The molecule has 27 heavy (non-hydrogen) atoms. The van der Waals surface area contributed by atoms with E-state index >= 15 is 0 Å². The topological polar surface area (TPSA) is 33.7 Å². The van der Waals surface area contributed by atoms with Crippen LogP contribution < -0.4 is 14.8 Å². The smallest absolute Gasteiger partial charge is 0.166 e. The van der Waals surface area contributed by atoms with Gasteiger partial charge in [-0.2, -0.15) is 0 Å². The minimum atomic E-state index is 0.459. The van der Waals surface area contributed by atoms with Gasteiger partial charge in [0.1, 0.15) is 6.61 Å². The van der Waals surface area contributed by atoms with Gasteiger partial charge >= 0.3 is 0 Å². The van der Waals surface area contributed by atoms with Gasteiger partial charge in [0.25, 0.3) is 0 Å². The number of likely N-dealkylation sites (tertiary alicyclic amines) is 1. The summed E-state index contributed by atoms with van der Waals surface area (Å²) in [5, 5.41) is 4.33. The molecule has 0 amide bonds. The zero-order valence-corrected chi connectivity index (χ0v) is 17.0. The van der Waals surface area contributed by atoms with Crippen LogP contribution >= 0.6 is 11.6 Å². The Balaban J connectivity index is 1.64. The molecule has 5 heteroatoms. The standard InChI is InChI=1S/C22H29ClN2O2/c1-3-25-12-6-10-20(25)15-24-14-18-8-5-11-21(26-2)22(18)27-16-17-7-4-9-19(23)13-17/h4-5,7-9,11,13,20,24H,3,6,10,12,14-16H2,1-2H3/t20-/m0/s1. The Morgan fingerprint density at radius 1 is 1.22 bits per heavy atom. The van der Waals surface area contributed by atoms with Gasteiger partial charge in [0.2, 0.25) is 0 Å². The molecule has 1 atom stereocenters. The molecule has 0 spiro atoms. The van der Waals surface area contributed by atoms with E-state index in [9.17, 15) is 0 Å². The molecule has 0 saturated carbocycles. The highest BCUT2D eigenvalue weighted by atomic mass is 35.5. The van der Waals surface area contributed by atoms with Crippen molar-refractivity contribution in [1.29, 1.82) is 0 Å². The fourth-order valence-electron chi connectivity index (χ4n) is 3.72.